The Balaban J connectivity index is 2.24. The molecule has 0 fully saturated rings. The fraction of sp³-hybridized carbons (Fsp3) is 0.524. The maximum atomic E-state index is 12.7. The third-order valence-electron chi connectivity index (χ3n) is 4.87. The van der Waals surface area contributed by atoms with Gasteiger partial charge in [-0.3, -0.25) is 4.79 Å². The number of aromatic amines is 1. The lowest BCUT2D eigenvalue weighted by atomic mass is 10.1. The minimum atomic E-state index is -0.0877. The summed E-state index contributed by atoms with van der Waals surface area (Å²) in [5, 5.41) is 5.07. The topological polar surface area (TPSA) is 61.8 Å². The summed E-state index contributed by atoms with van der Waals surface area (Å²) in [5.74, 6) is 0.725. The van der Waals surface area contributed by atoms with Crippen molar-refractivity contribution in [1.29, 1.82) is 0 Å². The molecular formula is C21H33N4O2S+. The lowest BCUT2D eigenvalue weighted by Gasteiger charge is -2.28. The van der Waals surface area contributed by atoms with E-state index in [1.807, 2.05) is 24.3 Å². The number of benzene rings is 1. The zero-order valence-corrected chi connectivity index (χ0v) is 18.4. The molecule has 0 amide bonds. The number of fused-ring (bicyclic) bond motifs is 1. The molecular weight excluding hydrogens is 372 g/mol. The highest BCUT2D eigenvalue weighted by Gasteiger charge is 2.15. The lowest BCUT2D eigenvalue weighted by molar-refractivity contribution is -0.858. The molecule has 1 aromatic carbocycles. The Hall–Kier alpha value is -2.12. The van der Waals surface area contributed by atoms with E-state index in [4.69, 9.17) is 17.0 Å². The van der Waals surface area contributed by atoms with Crippen LogP contribution < -0.4 is 20.5 Å². The average molecular weight is 406 g/mol. The second-order valence-corrected chi connectivity index (χ2v) is 7.95. The normalized spacial score (nSPS) is 12.2. The first-order valence-corrected chi connectivity index (χ1v) is 10.3. The smallest absolute Gasteiger partial charge is 0.253 e. The van der Waals surface area contributed by atoms with Crippen LogP contribution in [0.1, 0.15) is 32.3 Å². The van der Waals surface area contributed by atoms with Crippen molar-refractivity contribution in [2.24, 2.45) is 0 Å². The zero-order chi connectivity index (χ0) is 20.7. The van der Waals surface area contributed by atoms with Gasteiger partial charge >= 0.3 is 0 Å². The molecule has 1 atom stereocenters. The van der Waals surface area contributed by atoms with Gasteiger partial charge in [0.1, 0.15) is 5.75 Å². The Morgan fingerprint density at radius 2 is 2.11 bits per heavy atom. The van der Waals surface area contributed by atoms with Gasteiger partial charge < -0.3 is 24.8 Å². The molecule has 1 aromatic heterocycles. The number of ether oxygens (including phenoxy) is 1. The fourth-order valence-corrected chi connectivity index (χ4v) is 3.31. The van der Waals surface area contributed by atoms with Crippen LogP contribution in [0.4, 0.5) is 0 Å². The van der Waals surface area contributed by atoms with Gasteiger partial charge in [0.25, 0.3) is 5.56 Å². The monoisotopic (exact) mass is 405 g/mol. The van der Waals surface area contributed by atoms with Crippen molar-refractivity contribution < 1.29 is 9.64 Å². The van der Waals surface area contributed by atoms with Crippen molar-refractivity contribution in [2.45, 2.75) is 39.3 Å². The second kappa shape index (κ2) is 10.4. The molecule has 0 aliphatic carbocycles. The summed E-state index contributed by atoms with van der Waals surface area (Å²) in [6, 6.07) is 7.95. The number of methoxy groups -OCH3 is 1. The van der Waals surface area contributed by atoms with Gasteiger partial charge in [0, 0.05) is 30.6 Å². The summed E-state index contributed by atoms with van der Waals surface area (Å²) in [5.41, 5.74) is 1.40. The Bertz CT molecular complexity index is 850. The van der Waals surface area contributed by atoms with Gasteiger partial charge in [-0.15, -0.1) is 0 Å². The summed E-state index contributed by atoms with van der Waals surface area (Å²) in [4.78, 5) is 19.1. The number of quaternary nitrogens is 1. The number of aromatic nitrogens is 1. The van der Waals surface area contributed by atoms with Gasteiger partial charge in [-0.05, 0) is 49.1 Å². The highest BCUT2D eigenvalue weighted by Crippen LogP contribution is 2.19. The molecule has 0 spiro atoms. The van der Waals surface area contributed by atoms with E-state index >= 15 is 0 Å². The van der Waals surface area contributed by atoms with Crippen molar-refractivity contribution in [1.82, 2.24) is 15.2 Å². The first kappa shape index (κ1) is 22.2. The third kappa shape index (κ3) is 6.21. The number of rotatable bonds is 9. The van der Waals surface area contributed by atoms with E-state index in [0.29, 0.717) is 23.3 Å². The van der Waals surface area contributed by atoms with Crippen LogP contribution in [0.3, 0.4) is 0 Å². The molecule has 0 saturated carbocycles. The molecule has 0 aliphatic rings. The average Bonchev–Trinajstić information content (AvgIpc) is 2.66. The lowest BCUT2D eigenvalue weighted by Crippen LogP contribution is -3.05. The standard InChI is InChI=1S/C21H32N4O2S/c1-6-15(2)22-21(28)25(11-7-10-24(3)4)14-17-12-16-8-9-18(27-5)13-19(16)23-20(17)26/h8-9,12-13,15H,6-7,10-11,14H2,1-5H3,(H,22,28)(H,23,26)/p+1/t15-/m1/s1. The molecule has 6 nitrogen and oxygen atoms in total. The quantitative estimate of drug-likeness (QED) is 0.553. The van der Waals surface area contributed by atoms with Crippen LogP contribution in [-0.2, 0) is 6.54 Å². The van der Waals surface area contributed by atoms with Crippen molar-refractivity contribution in [3.8, 4) is 5.75 Å². The summed E-state index contributed by atoms with van der Waals surface area (Å²) in [7, 11) is 5.90. The Morgan fingerprint density at radius 3 is 2.75 bits per heavy atom. The van der Waals surface area contributed by atoms with Gasteiger partial charge in [0.05, 0.1) is 39.8 Å². The number of nitrogens with one attached hydrogen (secondary N) is 3. The fourth-order valence-electron chi connectivity index (χ4n) is 2.96. The summed E-state index contributed by atoms with van der Waals surface area (Å²) >= 11 is 5.65. The summed E-state index contributed by atoms with van der Waals surface area (Å²) in [6.07, 6.45) is 2.00. The number of thiocarbonyl (C=S) groups is 1. The van der Waals surface area contributed by atoms with E-state index in [1.54, 1.807) is 7.11 Å². The van der Waals surface area contributed by atoms with E-state index in [-0.39, 0.29) is 5.56 Å². The van der Waals surface area contributed by atoms with E-state index < -0.39 is 0 Å². The number of H-pyrrole nitrogens is 1. The van der Waals surface area contributed by atoms with Crippen molar-refractivity contribution in [3.63, 3.8) is 0 Å². The molecule has 2 aromatic rings. The predicted octanol–water partition coefficient (Wildman–Crippen LogP) is 1.55. The van der Waals surface area contributed by atoms with Crippen LogP contribution in [0.2, 0.25) is 0 Å². The summed E-state index contributed by atoms with van der Waals surface area (Å²) in [6.45, 7) is 6.60. The van der Waals surface area contributed by atoms with Crippen LogP contribution >= 0.6 is 12.2 Å². The predicted molar refractivity (Wildman–Crippen MR) is 119 cm³/mol. The van der Waals surface area contributed by atoms with Crippen molar-refractivity contribution in [3.05, 3.63) is 40.2 Å². The maximum Gasteiger partial charge on any atom is 0.253 e. The minimum Gasteiger partial charge on any atom is -0.497 e. The molecule has 28 heavy (non-hydrogen) atoms. The molecule has 2 rings (SSSR count). The number of nitrogens with zero attached hydrogens (tertiary/aromatic N) is 1. The molecule has 0 saturated heterocycles. The summed E-state index contributed by atoms with van der Waals surface area (Å²) < 4.78 is 5.24. The van der Waals surface area contributed by atoms with Crippen molar-refractivity contribution in [2.75, 3.05) is 34.3 Å². The van der Waals surface area contributed by atoms with Gasteiger partial charge in [-0.2, -0.15) is 0 Å². The molecule has 0 radical (unpaired) electrons. The number of pyridine rings is 1. The molecule has 0 bridgehead atoms. The molecule has 1 heterocycles. The second-order valence-electron chi connectivity index (χ2n) is 7.57. The molecule has 3 N–H and O–H groups in total. The number of hydrogen-bond acceptors (Lipinski definition) is 3. The Morgan fingerprint density at radius 1 is 1.36 bits per heavy atom. The molecule has 154 valence electrons. The van der Waals surface area contributed by atoms with Gasteiger partial charge in [0.2, 0.25) is 0 Å². The first-order chi connectivity index (χ1) is 13.3. The highest BCUT2D eigenvalue weighted by molar-refractivity contribution is 7.80. The van der Waals surface area contributed by atoms with Crippen LogP contribution in [0, 0.1) is 0 Å². The SMILES string of the molecule is CC[C@@H](C)NC(=S)N(CCC[NH+](C)C)Cc1cc2ccc(OC)cc2[nH]c1=O. The Kier molecular flexibility index (Phi) is 8.26. The Labute approximate surface area is 172 Å². The van der Waals surface area contributed by atoms with Gasteiger partial charge in [-0.25, -0.2) is 0 Å². The third-order valence-corrected chi connectivity index (χ3v) is 5.24. The first-order valence-electron chi connectivity index (χ1n) is 9.88. The van der Waals surface area contributed by atoms with Gasteiger partial charge in [0.15, 0.2) is 5.11 Å². The highest BCUT2D eigenvalue weighted by atomic mass is 32.1. The molecule has 7 heteroatoms. The zero-order valence-electron chi connectivity index (χ0n) is 17.6. The van der Waals surface area contributed by atoms with Crippen LogP contribution in [0.25, 0.3) is 10.9 Å². The number of hydrogen-bond donors (Lipinski definition) is 3. The van der Waals surface area contributed by atoms with Crippen LogP contribution in [0.5, 0.6) is 5.75 Å². The van der Waals surface area contributed by atoms with E-state index in [2.05, 4.69) is 43.1 Å². The largest absolute Gasteiger partial charge is 0.497 e. The van der Waals surface area contributed by atoms with E-state index in [0.717, 1.165) is 42.6 Å². The molecule has 0 aliphatic heterocycles. The van der Waals surface area contributed by atoms with Crippen LogP contribution in [-0.4, -0.2) is 55.3 Å². The van der Waals surface area contributed by atoms with Crippen LogP contribution in [0.15, 0.2) is 29.1 Å². The minimum absolute atomic E-state index is 0.0877. The van der Waals surface area contributed by atoms with E-state index in [1.165, 1.54) is 4.90 Å². The maximum absolute atomic E-state index is 12.7. The van der Waals surface area contributed by atoms with E-state index in [9.17, 15) is 4.79 Å². The van der Waals surface area contributed by atoms with Gasteiger partial charge in [-0.1, -0.05) is 6.92 Å². The van der Waals surface area contributed by atoms with Crippen molar-refractivity contribution >= 4 is 28.2 Å². The molecule has 0 unspecified atom stereocenters.